The molecule has 1 heterocycles. The van der Waals surface area contributed by atoms with Crippen molar-refractivity contribution in [2.75, 3.05) is 0 Å². The zero-order valence-electron chi connectivity index (χ0n) is 8.87. The minimum atomic E-state index is -0.0314. The van der Waals surface area contributed by atoms with Crippen LogP contribution in [0, 0.1) is 0 Å². The Morgan fingerprint density at radius 2 is 2.27 bits per heavy atom. The van der Waals surface area contributed by atoms with Crippen LogP contribution in [0.4, 0.5) is 0 Å². The van der Waals surface area contributed by atoms with Crippen LogP contribution in [0.5, 0.6) is 0 Å². The monoisotopic (exact) mass is 267 g/mol. The molecular formula is C11H14BrN3. The van der Waals surface area contributed by atoms with Gasteiger partial charge in [0.1, 0.15) is 5.82 Å². The Bertz CT molecular complexity index is 488. The average Bonchev–Trinajstić information content (AvgIpc) is 2.55. The molecule has 0 fully saturated rings. The molecule has 1 unspecified atom stereocenters. The van der Waals surface area contributed by atoms with Crippen molar-refractivity contribution in [3.8, 4) is 0 Å². The van der Waals surface area contributed by atoms with Crippen molar-refractivity contribution in [1.29, 1.82) is 0 Å². The zero-order valence-corrected chi connectivity index (χ0v) is 10.5. The highest BCUT2D eigenvalue weighted by atomic mass is 79.9. The maximum Gasteiger partial charge on any atom is 0.126 e. The van der Waals surface area contributed by atoms with E-state index in [2.05, 4.69) is 38.5 Å². The molecule has 0 bridgehead atoms. The third kappa shape index (κ3) is 1.79. The summed E-state index contributed by atoms with van der Waals surface area (Å²) >= 11 is 3.44. The van der Waals surface area contributed by atoms with Gasteiger partial charge in [0.15, 0.2) is 0 Å². The van der Waals surface area contributed by atoms with Gasteiger partial charge in [-0.3, -0.25) is 0 Å². The second kappa shape index (κ2) is 3.94. The topological polar surface area (TPSA) is 43.8 Å². The number of nitrogens with zero attached hydrogens (tertiary/aromatic N) is 2. The number of benzene rings is 1. The summed E-state index contributed by atoms with van der Waals surface area (Å²) in [5.41, 5.74) is 8.04. The fourth-order valence-corrected chi connectivity index (χ4v) is 2.15. The molecule has 2 rings (SSSR count). The van der Waals surface area contributed by atoms with E-state index in [0.29, 0.717) is 0 Å². The van der Waals surface area contributed by atoms with Crippen LogP contribution in [-0.4, -0.2) is 9.55 Å². The van der Waals surface area contributed by atoms with E-state index in [4.69, 9.17) is 5.73 Å². The smallest absolute Gasteiger partial charge is 0.126 e. The largest absolute Gasteiger partial charge is 0.327 e. The van der Waals surface area contributed by atoms with Crippen LogP contribution in [0.3, 0.4) is 0 Å². The van der Waals surface area contributed by atoms with Crippen LogP contribution < -0.4 is 5.73 Å². The van der Waals surface area contributed by atoms with Crippen molar-refractivity contribution in [2.24, 2.45) is 5.73 Å². The molecule has 1 atom stereocenters. The molecule has 80 valence electrons. The zero-order chi connectivity index (χ0) is 11.0. The number of aryl methyl sites for hydroxylation is 1. The minimum Gasteiger partial charge on any atom is -0.327 e. The first-order valence-corrected chi connectivity index (χ1v) is 5.84. The van der Waals surface area contributed by atoms with E-state index in [9.17, 15) is 0 Å². The van der Waals surface area contributed by atoms with Crippen molar-refractivity contribution in [1.82, 2.24) is 9.55 Å². The van der Waals surface area contributed by atoms with Crippen molar-refractivity contribution in [3.63, 3.8) is 0 Å². The Kier molecular flexibility index (Phi) is 2.80. The van der Waals surface area contributed by atoms with E-state index in [1.807, 2.05) is 19.1 Å². The number of hydrogen-bond acceptors (Lipinski definition) is 2. The fraction of sp³-hybridized carbons (Fsp3) is 0.364. The maximum absolute atomic E-state index is 5.90. The van der Waals surface area contributed by atoms with E-state index in [1.165, 1.54) is 0 Å². The van der Waals surface area contributed by atoms with Crippen LogP contribution in [0.15, 0.2) is 22.7 Å². The first-order valence-electron chi connectivity index (χ1n) is 5.04. The van der Waals surface area contributed by atoms with Gasteiger partial charge in [-0.2, -0.15) is 0 Å². The second-order valence-corrected chi connectivity index (χ2v) is 4.55. The van der Waals surface area contributed by atoms with E-state index in [-0.39, 0.29) is 6.04 Å². The Morgan fingerprint density at radius 3 is 2.87 bits per heavy atom. The number of aromatic nitrogens is 2. The minimum absolute atomic E-state index is 0.0314. The summed E-state index contributed by atoms with van der Waals surface area (Å²) < 4.78 is 3.21. The van der Waals surface area contributed by atoms with Crippen molar-refractivity contribution in [2.45, 2.75) is 26.4 Å². The lowest BCUT2D eigenvalue weighted by molar-refractivity contribution is 0.650. The fourth-order valence-electron chi connectivity index (χ4n) is 1.80. The summed E-state index contributed by atoms with van der Waals surface area (Å²) in [7, 11) is 0. The number of imidazole rings is 1. The van der Waals surface area contributed by atoms with Gasteiger partial charge in [0.2, 0.25) is 0 Å². The van der Waals surface area contributed by atoms with Gasteiger partial charge in [-0.15, -0.1) is 0 Å². The van der Waals surface area contributed by atoms with Gasteiger partial charge in [0.25, 0.3) is 0 Å². The Hall–Kier alpha value is -0.870. The highest BCUT2D eigenvalue weighted by Crippen LogP contribution is 2.22. The molecule has 0 spiro atoms. The molecule has 4 heteroatoms. The third-order valence-corrected chi connectivity index (χ3v) is 2.96. The maximum atomic E-state index is 5.90. The molecule has 0 radical (unpaired) electrons. The second-order valence-electron chi connectivity index (χ2n) is 3.64. The summed E-state index contributed by atoms with van der Waals surface area (Å²) in [6, 6.07) is 6.09. The highest BCUT2D eigenvalue weighted by Gasteiger charge is 2.12. The molecule has 0 amide bonds. The highest BCUT2D eigenvalue weighted by molar-refractivity contribution is 9.10. The number of rotatable bonds is 2. The molecule has 0 aliphatic rings. The summed E-state index contributed by atoms with van der Waals surface area (Å²) in [6.07, 6.45) is 0. The predicted octanol–water partition coefficient (Wildman–Crippen LogP) is 2.84. The SMILES string of the molecule is CCn1c(C(C)N)nc2cc(Br)ccc21. The Balaban J connectivity index is 2.73. The molecule has 15 heavy (non-hydrogen) atoms. The van der Waals surface area contributed by atoms with Crippen LogP contribution in [0.2, 0.25) is 0 Å². The molecular weight excluding hydrogens is 254 g/mol. The number of hydrogen-bond donors (Lipinski definition) is 1. The molecule has 2 aromatic rings. The molecule has 1 aromatic carbocycles. The summed E-state index contributed by atoms with van der Waals surface area (Å²) in [5.74, 6) is 0.950. The molecule has 2 N–H and O–H groups in total. The molecule has 0 saturated carbocycles. The van der Waals surface area contributed by atoms with E-state index >= 15 is 0 Å². The van der Waals surface area contributed by atoms with Gasteiger partial charge in [-0.25, -0.2) is 4.98 Å². The van der Waals surface area contributed by atoms with Gasteiger partial charge in [0, 0.05) is 11.0 Å². The summed E-state index contributed by atoms with van der Waals surface area (Å²) in [6.45, 7) is 4.96. The van der Waals surface area contributed by atoms with Crippen molar-refractivity contribution < 1.29 is 0 Å². The third-order valence-electron chi connectivity index (χ3n) is 2.46. The van der Waals surface area contributed by atoms with Gasteiger partial charge in [-0.1, -0.05) is 15.9 Å². The Labute approximate surface area is 97.4 Å². The first kappa shape index (κ1) is 10.6. The lowest BCUT2D eigenvalue weighted by Gasteiger charge is -2.08. The average molecular weight is 268 g/mol. The van der Waals surface area contributed by atoms with E-state index in [1.54, 1.807) is 0 Å². The normalized spacial score (nSPS) is 13.3. The van der Waals surface area contributed by atoms with Crippen molar-refractivity contribution in [3.05, 3.63) is 28.5 Å². The van der Waals surface area contributed by atoms with Gasteiger partial charge < -0.3 is 10.3 Å². The number of nitrogens with two attached hydrogens (primary N) is 1. The molecule has 0 aliphatic heterocycles. The first-order chi connectivity index (χ1) is 7.13. The quantitative estimate of drug-likeness (QED) is 0.910. The van der Waals surface area contributed by atoms with Crippen LogP contribution in [-0.2, 0) is 6.54 Å². The van der Waals surface area contributed by atoms with Gasteiger partial charge >= 0.3 is 0 Å². The Morgan fingerprint density at radius 1 is 1.53 bits per heavy atom. The van der Waals surface area contributed by atoms with Crippen LogP contribution in [0.1, 0.15) is 25.7 Å². The van der Waals surface area contributed by atoms with E-state index < -0.39 is 0 Å². The van der Waals surface area contributed by atoms with Crippen LogP contribution >= 0.6 is 15.9 Å². The lowest BCUT2D eigenvalue weighted by atomic mass is 10.3. The van der Waals surface area contributed by atoms with Gasteiger partial charge in [-0.05, 0) is 32.0 Å². The molecule has 3 nitrogen and oxygen atoms in total. The van der Waals surface area contributed by atoms with E-state index in [0.717, 1.165) is 27.9 Å². The van der Waals surface area contributed by atoms with Crippen LogP contribution in [0.25, 0.3) is 11.0 Å². The van der Waals surface area contributed by atoms with Gasteiger partial charge in [0.05, 0.1) is 17.1 Å². The standard InChI is InChI=1S/C11H14BrN3/c1-3-15-10-5-4-8(12)6-9(10)14-11(15)7(2)13/h4-7H,3,13H2,1-2H3. The number of fused-ring (bicyclic) bond motifs is 1. The number of halogens is 1. The predicted molar refractivity (Wildman–Crippen MR) is 65.7 cm³/mol. The van der Waals surface area contributed by atoms with Crippen molar-refractivity contribution >= 4 is 27.0 Å². The summed E-state index contributed by atoms with van der Waals surface area (Å²) in [4.78, 5) is 4.55. The summed E-state index contributed by atoms with van der Waals surface area (Å²) in [5, 5.41) is 0. The molecule has 0 aliphatic carbocycles. The molecule has 1 aromatic heterocycles. The molecule has 0 saturated heterocycles. The lowest BCUT2D eigenvalue weighted by Crippen LogP contribution is -2.12.